The normalized spacial score (nSPS) is 17.3. The largest absolute Gasteiger partial charge is 0.452 e. The molecule has 1 saturated heterocycles. The molecule has 1 unspecified atom stereocenters. The van der Waals surface area contributed by atoms with Crippen molar-refractivity contribution in [3.8, 4) is 0 Å². The van der Waals surface area contributed by atoms with Gasteiger partial charge >= 0.3 is 12.0 Å². The van der Waals surface area contributed by atoms with E-state index in [1.54, 1.807) is 0 Å². The number of amides is 3. The van der Waals surface area contributed by atoms with Crippen LogP contribution in [-0.4, -0.2) is 56.9 Å². The van der Waals surface area contributed by atoms with Gasteiger partial charge in [0.1, 0.15) is 4.90 Å². The fourth-order valence-electron chi connectivity index (χ4n) is 3.05. The van der Waals surface area contributed by atoms with Crippen LogP contribution in [0.4, 0.5) is 4.79 Å². The van der Waals surface area contributed by atoms with Gasteiger partial charge in [-0.1, -0.05) is 32.4 Å². The number of hydrogen-bond donors (Lipinski definition) is 2. The van der Waals surface area contributed by atoms with E-state index in [4.69, 9.17) is 16.3 Å². The predicted octanol–water partition coefficient (Wildman–Crippen LogP) is 2.40. The number of benzene rings is 1. The topological polar surface area (TPSA) is 122 Å². The summed E-state index contributed by atoms with van der Waals surface area (Å²) >= 11 is 6.11. The van der Waals surface area contributed by atoms with Crippen molar-refractivity contribution in [3.05, 3.63) is 28.8 Å². The van der Waals surface area contributed by atoms with Gasteiger partial charge in [-0.15, -0.1) is 0 Å². The second kappa shape index (κ2) is 10.9. The molecule has 2 N–H and O–H groups in total. The molecule has 0 saturated carbocycles. The molecule has 1 aliphatic heterocycles. The average molecular weight is 474 g/mol. The number of imide groups is 1. The van der Waals surface area contributed by atoms with Gasteiger partial charge in [0, 0.05) is 19.6 Å². The lowest BCUT2D eigenvalue weighted by atomic mass is 10.0. The Hall–Kier alpha value is -2.17. The molecule has 1 aliphatic rings. The van der Waals surface area contributed by atoms with Crippen LogP contribution in [-0.2, 0) is 19.6 Å². The van der Waals surface area contributed by atoms with Crippen molar-refractivity contribution in [2.24, 2.45) is 11.8 Å². The second-order valence-electron chi connectivity index (χ2n) is 7.98. The average Bonchev–Trinajstić information content (AvgIpc) is 2.70. The molecule has 1 fully saturated rings. The number of ether oxygens (including phenoxy) is 1. The van der Waals surface area contributed by atoms with E-state index in [1.807, 2.05) is 26.1 Å². The minimum absolute atomic E-state index is 0.00524. The van der Waals surface area contributed by atoms with Crippen molar-refractivity contribution in [2.75, 3.05) is 26.2 Å². The minimum Gasteiger partial charge on any atom is -0.452 e. The molecular formula is C20H28ClN3O6S. The highest BCUT2D eigenvalue weighted by Gasteiger charge is 2.31. The fourth-order valence-corrected chi connectivity index (χ4v) is 5.15. The van der Waals surface area contributed by atoms with E-state index in [0.717, 1.165) is 18.9 Å². The number of urea groups is 1. The number of rotatable bonds is 7. The Bertz CT molecular complexity index is 935. The lowest BCUT2D eigenvalue weighted by Crippen LogP contribution is -2.42. The zero-order chi connectivity index (χ0) is 23.2. The van der Waals surface area contributed by atoms with E-state index < -0.39 is 34.5 Å². The van der Waals surface area contributed by atoms with Gasteiger partial charge in [0.2, 0.25) is 10.0 Å². The van der Waals surface area contributed by atoms with E-state index in [0.29, 0.717) is 19.6 Å². The Morgan fingerprint density at radius 2 is 2.00 bits per heavy atom. The molecule has 0 spiro atoms. The number of carbonyl (C=O) groups excluding carboxylic acids is 3. The van der Waals surface area contributed by atoms with E-state index in [1.165, 1.54) is 16.4 Å². The van der Waals surface area contributed by atoms with Gasteiger partial charge in [-0.25, -0.2) is 18.0 Å². The summed E-state index contributed by atoms with van der Waals surface area (Å²) in [5.41, 5.74) is -0.0647. The summed E-state index contributed by atoms with van der Waals surface area (Å²) in [6.07, 6.45) is 1.70. The number of carbonyl (C=O) groups is 3. The molecule has 1 aromatic carbocycles. The van der Waals surface area contributed by atoms with Crippen molar-refractivity contribution in [3.63, 3.8) is 0 Å². The lowest BCUT2D eigenvalue weighted by Gasteiger charge is -2.30. The van der Waals surface area contributed by atoms with Crippen LogP contribution in [0.25, 0.3) is 0 Å². The van der Waals surface area contributed by atoms with Gasteiger partial charge in [0.25, 0.3) is 5.91 Å². The molecule has 3 amide bonds. The fraction of sp³-hybridized carbons (Fsp3) is 0.550. The van der Waals surface area contributed by atoms with Crippen molar-refractivity contribution in [1.82, 2.24) is 14.9 Å². The highest BCUT2D eigenvalue weighted by molar-refractivity contribution is 7.89. The van der Waals surface area contributed by atoms with Gasteiger partial charge in [-0.3, -0.25) is 10.1 Å². The summed E-state index contributed by atoms with van der Waals surface area (Å²) in [6.45, 7) is 6.24. The van der Waals surface area contributed by atoms with Gasteiger partial charge in [-0.2, -0.15) is 4.31 Å². The quantitative estimate of drug-likeness (QED) is 0.586. The number of piperidine rings is 1. The van der Waals surface area contributed by atoms with Crippen LogP contribution in [0, 0.1) is 11.8 Å². The standard InChI is InChI=1S/C20H28ClN3O6S/c1-13(2)10-22-20(27)23-18(25)12-30-19(26)15-6-7-16(21)17(9-15)31(28,29)24-8-4-5-14(3)11-24/h6-7,9,13-14H,4-5,8,10-12H2,1-3H3,(H2,22,23,25,27). The first-order valence-corrected chi connectivity index (χ1v) is 11.9. The van der Waals surface area contributed by atoms with Crippen LogP contribution in [0.15, 0.2) is 23.1 Å². The van der Waals surface area contributed by atoms with E-state index in [-0.39, 0.29) is 27.3 Å². The first-order chi connectivity index (χ1) is 14.5. The van der Waals surface area contributed by atoms with Crippen LogP contribution >= 0.6 is 11.6 Å². The summed E-state index contributed by atoms with van der Waals surface area (Å²) in [6, 6.07) is 3.07. The van der Waals surface area contributed by atoms with Crippen LogP contribution < -0.4 is 10.6 Å². The molecule has 11 heteroatoms. The molecule has 0 aromatic heterocycles. The maximum Gasteiger partial charge on any atom is 0.338 e. The Kier molecular flexibility index (Phi) is 8.84. The molecular weight excluding hydrogens is 446 g/mol. The maximum atomic E-state index is 13.0. The first-order valence-electron chi connectivity index (χ1n) is 10.0. The summed E-state index contributed by atoms with van der Waals surface area (Å²) in [5, 5.41) is 4.54. The summed E-state index contributed by atoms with van der Waals surface area (Å²) < 4.78 is 32.3. The molecule has 172 valence electrons. The van der Waals surface area contributed by atoms with Crippen molar-refractivity contribution in [2.45, 2.75) is 38.5 Å². The van der Waals surface area contributed by atoms with Crippen LogP contribution in [0.5, 0.6) is 0 Å². The SMILES string of the molecule is CC(C)CNC(=O)NC(=O)COC(=O)c1ccc(Cl)c(S(=O)(=O)N2CCCC(C)C2)c1. The molecule has 0 radical (unpaired) electrons. The summed E-state index contributed by atoms with van der Waals surface area (Å²) in [7, 11) is -3.88. The third-order valence-corrected chi connectivity index (χ3v) is 7.01. The van der Waals surface area contributed by atoms with Crippen molar-refractivity contribution < 1.29 is 27.5 Å². The predicted molar refractivity (Wildman–Crippen MR) is 115 cm³/mol. The third-order valence-electron chi connectivity index (χ3n) is 4.66. The van der Waals surface area contributed by atoms with Crippen LogP contribution in [0.3, 0.4) is 0 Å². The van der Waals surface area contributed by atoms with E-state index >= 15 is 0 Å². The second-order valence-corrected chi connectivity index (χ2v) is 10.3. The van der Waals surface area contributed by atoms with Crippen LogP contribution in [0.2, 0.25) is 5.02 Å². The molecule has 0 aliphatic carbocycles. The zero-order valence-electron chi connectivity index (χ0n) is 17.8. The summed E-state index contributed by atoms with van der Waals surface area (Å²) in [5.74, 6) is -1.27. The van der Waals surface area contributed by atoms with Gasteiger partial charge in [-0.05, 0) is 42.9 Å². The first kappa shape index (κ1) is 25.1. The lowest BCUT2D eigenvalue weighted by molar-refractivity contribution is -0.123. The molecule has 1 aromatic rings. The molecule has 9 nitrogen and oxygen atoms in total. The van der Waals surface area contributed by atoms with Crippen LogP contribution in [0.1, 0.15) is 44.0 Å². The molecule has 2 rings (SSSR count). The molecule has 31 heavy (non-hydrogen) atoms. The molecule has 0 bridgehead atoms. The van der Waals surface area contributed by atoms with E-state index in [2.05, 4.69) is 5.32 Å². The Balaban J connectivity index is 2.03. The smallest absolute Gasteiger partial charge is 0.338 e. The zero-order valence-corrected chi connectivity index (χ0v) is 19.4. The minimum atomic E-state index is -3.88. The monoisotopic (exact) mass is 473 g/mol. The summed E-state index contributed by atoms with van der Waals surface area (Å²) in [4.78, 5) is 35.5. The Morgan fingerprint density at radius 3 is 2.65 bits per heavy atom. The number of halogens is 1. The Morgan fingerprint density at radius 1 is 1.29 bits per heavy atom. The Labute approximate surface area is 187 Å². The van der Waals surface area contributed by atoms with Gasteiger partial charge < -0.3 is 10.1 Å². The van der Waals surface area contributed by atoms with Gasteiger partial charge in [0.15, 0.2) is 6.61 Å². The number of nitrogens with zero attached hydrogens (tertiary/aromatic N) is 1. The number of sulfonamides is 1. The maximum absolute atomic E-state index is 13.0. The molecule has 1 heterocycles. The highest BCUT2D eigenvalue weighted by Crippen LogP contribution is 2.29. The van der Waals surface area contributed by atoms with Crippen molar-refractivity contribution in [1.29, 1.82) is 0 Å². The number of nitrogens with one attached hydrogen (secondary N) is 2. The number of esters is 1. The van der Waals surface area contributed by atoms with E-state index in [9.17, 15) is 22.8 Å². The highest BCUT2D eigenvalue weighted by atomic mass is 35.5. The van der Waals surface area contributed by atoms with Gasteiger partial charge in [0.05, 0.1) is 10.6 Å². The number of hydrogen-bond acceptors (Lipinski definition) is 6. The third kappa shape index (κ3) is 7.19. The molecule has 1 atom stereocenters. The van der Waals surface area contributed by atoms with Crippen molar-refractivity contribution >= 4 is 39.5 Å².